The van der Waals surface area contributed by atoms with E-state index in [0.717, 1.165) is 5.56 Å². The molecule has 2 N–H and O–H groups in total. The molecule has 28 heavy (non-hydrogen) atoms. The van der Waals surface area contributed by atoms with Crippen LogP contribution in [0.4, 0.5) is 27.6 Å². The molecule has 3 aromatic carbocycles. The van der Waals surface area contributed by atoms with Crippen molar-refractivity contribution in [2.45, 2.75) is 0 Å². The number of rotatable bonds is 0. The molecule has 0 aliphatic rings. The van der Waals surface area contributed by atoms with E-state index in [1.54, 1.807) is 36.4 Å². The molecule has 3 aromatic rings. The Bertz CT molecular complexity index is 1130. The topological polar surface area (TPSA) is 26.0 Å². The highest BCUT2D eigenvalue weighted by Crippen LogP contribution is 2.22. The van der Waals surface area contributed by atoms with Gasteiger partial charge in [0.15, 0.2) is 23.3 Å². The predicted octanol–water partition coefficient (Wildman–Crippen LogP) is 4.76. The zero-order valence-corrected chi connectivity index (χ0v) is 14.1. The molecular weight excluding hydrogens is 373 g/mol. The van der Waals surface area contributed by atoms with Gasteiger partial charge in [0.25, 0.3) is 0 Å². The summed E-state index contributed by atoms with van der Waals surface area (Å²) < 4.78 is 66.6. The van der Waals surface area contributed by atoms with Crippen molar-refractivity contribution in [2.75, 3.05) is 5.73 Å². The van der Waals surface area contributed by atoms with Gasteiger partial charge in [-0.2, -0.15) is 0 Å². The van der Waals surface area contributed by atoms with Crippen molar-refractivity contribution < 1.29 is 22.0 Å². The van der Waals surface area contributed by atoms with Gasteiger partial charge in [-0.1, -0.05) is 23.7 Å². The zero-order valence-electron chi connectivity index (χ0n) is 14.1. The molecule has 0 aliphatic carbocycles. The molecule has 6 heteroatoms. The lowest BCUT2D eigenvalue weighted by atomic mass is 10.1. The predicted molar refractivity (Wildman–Crippen MR) is 95.5 cm³/mol. The molecule has 0 radical (unpaired) electrons. The fourth-order valence-electron chi connectivity index (χ4n) is 2.20. The Morgan fingerprint density at radius 1 is 0.464 bits per heavy atom. The van der Waals surface area contributed by atoms with Crippen LogP contribution in [0.2, 0.25) is 0 Å². The van der Waals surface area contributed by atoms with Crippen LogP contribution in [0.3, 0.4) is 0 Å². The maximum atomic E-state index is 13.6. The molecule has 0 bridgehead atoms. The first-order valence-corrected chi connectivity index (χ1v) is 7.88. The van der Waals surface area contributed by atoms with Crippen molar-refractivity contribution in [1.29, 1.82) is 0 Å². The van der Waals surface area contributed by atoms with Gasteiger partial charge in [-0.15, -0.1) is 0 Å². The first-order valence-electron chi connectivity index (χ1n) is 7.88. The summed E-state index contributed by atoms with van der Waals surface area (Å²) in [5, 5.41) is 0. The Hall–Kier alpha value is -3.77. The molecule has 1 nitrogen and oxygen atoms in total. The van der Waals surface area contributed by atoms with Gasteiger partial charge in [0.1, 0.15) is 5.56 Å². The van der Waals surface area contributed by atoms with Crippen LogP contribution in [-0.4, -0.2) is 0 Å². The normalized spacial score (nSPS) is 9.89. The van der Waals surface area contributed by atoms with Crippen LogP contribution in [0, 0.1) is 52.8 Å². The van der Waals surface area contributed by atoms with Crippen molar-refractivity contribution in [1.82, 2.24) is 0 Å². The number of nitrogen functional groups attached to an aromatic ring is 1. The quantitative estimate of drug-likeness (QED) is 0.196. The second-order valence-electron chi connectivity index (χ2n) is 5.64. The third-order valence-corrected chi connectivity index (χ3v) is 3.69. The summed E-state index contributed by atoms with van der Waals surface area (Å²) in [5.74, 6) is 0.0236. The molecule has 0 saturated heterocycles. The summed E-state index contributed by atoms with van der Waals surface area (Å²) in [6, 6.07) is 13.3. The summed E-state index contributed by atoms with van der Waals surface area (Å²) >= 11 is 0. The average Bonchev–Trinajstić information content (AvgIpc) is 2.71. The summed E-state index contributed by atoms with van der Waals surface area (Å²) in [5.41, 5.74) is 6.79. The van der Waals surface area contributed by atoms with E-state index in [0.29, 0.717) is 16.8 Å². The first kappa shape index (κ1) is 19.0. The van der Waals surface area contributed by atoms with E-state index >= 15 is 0 Å². The highest BCUT2D eigenvalue weighted by molar-refractivity contribution is 5.50. The van der Waals surface area contributed by atoms with Crippen molar-refractivity contribution in [3.05, 3.63) is 99.9 Å². The van der Waals surface area contributed by atoms with Crippen molar-refractivity contribution in [3.63, 3.8) is 0 Å². The molecule has 138 valence electrons. The van der Waals surface area contributed by atoms with Gasteiger partial charge in [0.2, 0.25) is 5.82 Å². The van der Waals surface area contributed by atoms with Gasteiger partial charge < -0.3 is 5.73 Å². The molecule has 0 aliphatic heterocycles. The maximum absolute atomic E-state index is 13.6. The average molecular weight is 383 g/mol. The smallest absolute Gasteiger partial charge is 0.200 e. The van der Waals surface area contributed by atoms with Crippen LogP contribution < -0.4 is 5.73 Å². The van der Waals surface area contributed by atoms with Gasteiger partial charge >= 0.3 is 0 Å². The van der Waals surface area contributed by atoms with Crippen LogP contribution in [-0.2, 0) is 0 Å². The standard InChI is InChI=1S/C22H10F5N/c23-18-17(19(24)21(26)22(27)20(18)25)12-9-14-4-1-13(2-5-14)3-6-15-7-10-16(28)11-8-15/h1-2,4-5,7-8,10-11H,28H2. The van der Waals surface area contributed by atoms with E-state index in [2.05, 4.69) is 17.8 Å². The number of nitrogens with two attached hydrogens (primary N) is 1. The lowest BCUT2D eigenvalue weighted by Crippen LogP contribution is -2.04. The lowest BCUT2D eigenvalue weighted by Gasteiger charge is -2.02. The molecule has 0 spiro atoms. The van der Waals surface area contributed by atoms with Crippen LogP contribution in [0.25, 0.3) is 0 Å². The van der Waals surface area contributed by atoms with Gasteiger partial charge in [-0.25, -0.2) is 22.0 Å². The van der Waals surface area contributed by atoms with Crippen LogP contribution in [0.5, 0.6) is 0 Å². The Kier molecular flexibility index (Phi) is 5.33. The molecule has 0 fully saturated rings. The second kappa shape index (κ2) is 7.85. The number of benzene rings is 3. The summed E-state index contributed by atoms with van der Waals surface area (Å²) in [7, 11) is 0. The summed E-state index contributed by atoms with van der Waals surface area (Å²) in [4.78, 5) is 0. The number of hydrogen-bond donors (Lipinski definition) is 1. The van der Waals surface area contributed by atoms with E-state index in [-0.39, 0.29) is 0 Å². The highest BCUT2D eigenvalue weighted by atomic mass is 19.2. The number of halogens is 5. The van der Waals surface area contributed by atoms with Crippen molar-refractivity contribution >= 4 is 5.69 Å². The highest BCUT2D eigenvalue weighted by Gasteiger charge is 2.24. The molecule has 0 aromatic heterocycles. The summed E-state index contributed by atoms with van der Waals surface area (Å²) in [6.07, 6.45) is 0. The Morgan fingerprint density at radius 2 is 0.786 bits per heavy atom. The third-order valence-electron chi connectivity index (χ3n) is 3.69. The molecule has 0 saturated carbocycles. The number of hydrogen-bond acceptors (Lipinski definition) is 1. The Balaban J connectivity index is 1.85. The molecule has 0 heterocycles. The molecule has 0 amide bonds. The molecule has 0 unspecified atom stereocenters. The molecular formula is C22H10F5N. The Morgan fingerprint density at radius 3 is 1.21 bits per heavy atom. The van der Waals surface area contributed by atoms with Crippen molar-refractivity contribution in [2.24, 2.45) is 0 Å². The van der Waals surface area contributed by atoms with Crippen LogP contribution in [0.15, 0.2) is 48.5 Å². The number of anilines is 1. The minimum absolute atomic E-state index is 0.321. The van der Waals surface area contributed by atoms with E-state index in [9.17, 15) is 22.0 Å². The SMILES string of the molecule is Nc1ccc(C#Cc2ccc(C#Cc3c(F)c(F)c(F)c(F)c3F)cc2)cc1. The second-order valence-corrected chi connectivity index (χ2v) is 5.64. The van der Waals surface area contributed by atoms with E-state index in [1.165, 1.54) is 12.1 Å². The molecule has 3 rings (SSSR count). The van der Waals surface area contributed by atoms with Crippen LogP contribution >= 0.6 is 0 Å². The lowest BCUT2D eigenvalue weighted by molar-refractivity contribution is 0.376. The van der Waals surface area contributed by atoms with E-state index in [4.69, 9.17) is 5.73 Å². The minimum atomic E-state index is -2.22. The monoisotopic (exact) mass is 383 g/mol. The fourth-order valence-corrected chi connectivity index (χ4v) is 2.20. The minimum Gasteiger partial charge on any atom is -0.399 e. The maximum Gasteiger partial charge on any atom is 0.200 e. The first-order chi connectivity index (χ1) is 13.4. The van der Waals surface area contributed by atoms with Gasteiger partial charge in [-0.3, -0.25) is 0 Å². The van der Waals surface area contributed by atoms with Crippen molar-refractivity contribution in [3.8, 4) is 23.7 Å². The van der Waals surface area contributed by atoms with Crippen LogP contribution in [0.1, 0.15) is 22.3 Å². The largest absolute Gasteiger partial charge is 0.399 e. The Labute approximate surface area is 157 Å². The zero-order chi connectivity index (χ0) is 20.3. The van der Waals surface area contributed by atoms with Gasteiger partial charge in [0.05, 0.1) is 0 Å². The van der Waals surface area contributed by atoms with Gasteiger partial charge in [-0.05, 0) is 48.5 Å². The third kappa shape index (κ3) is 3.97. The molecule has 0 atom stereocenters. The van der Waals surface area contributed by atoms with E-state index in [1.807, 2.05) is 5.92 Å². The van der Waals surface area contributed by atoms with Gasteiger partial charge in [0, 0.05) is 22.4 Å². The summed E-state index contributed by atoms with van der Waals surface area (Å²) in [6.45, 7) is 0. The van der Waals surface area contributed by atoms with E-state index < -0.39 is 34.6 Å². The fraction of sp³-hybridized carbons (Fsp3) is 0.